The number of aromatic nitrogens is 4. The number of benzene rings is 2. The Bertz CT molecular complexity index is 1290. The van der Waals surface area contributed by atoms with Gasteiger partial charge in [0.05, 0.1) is 11.5 Å². The topological polar surface area (TPSA) is 105 Å². The molecule has 0 aliphatic heterocycles. The van der Waals surface area contributed by atoms with Gasteiger partial charge in [-0.1, -0.05) is 34.6 Å². The van der Waals surface area contributed by atoms with E-state index in [1.54, 1.807) is 36.7 Å². The largest absolute Gasteiger partial charge is 0.508 e. The smallest absolute Gasteiger partial charge is 0.250 e. The Morgan fingerprint density at radius 1 is 1.12 bits per heavy atom. The third-order valence-corrected chi connectivity index (χ3v) is 6.28. The van der Waals surface area contributed by atoms with Crippen molar-refractivity contribution in [3.8, 4) is 22.8 Å². The van der Waals surface area contributed by atoms with Gasteiger partial charge in [-0.05, 0) is 72.6 Å². The van der Waals surface area contributed by atoms with Gasteiger partial charge in [-0.25, -0.2) is 5.43 Å². The Morgan fingerprint density at radius 2 is 1.88 bits per heavy atom. The Labute approximate surface area is 209 Å². The Hall–Kier alpha value is -3.50. The fourth-order valence-electron chi connectivity index (χ4n) is 3.16. The lowest BCUT2D eigenvalue weighted by Crippen LogP contribution is -2.22. The van der Waals surface area contributed by atoms with Crippen LogP contribution in [0.25, 0.3) is 17.1 Å². The molecule has 0 atom stereocenters. The summed E-state index contributed by atoms with van der Waals surface area (Å²) < 4.78 is 2.86. The summed E-state index contributed by atoms with van der Waals surface area (Å²) in [7, 11) is 0. The van der Waals surface area contributed by atoms with Gasteiger partial charge in [-0.3, -0.25) is 14.3 Å². The molecule has 2 aromatic carbocycles. The molecule has 0 unspecified atom stereocenters. The summed E-state index contributed by atoms with van der Waals surface area (Å²) in [5.74, 6) is 0.665. The van der Waals surface area contributed by atoms with E-state index in [2.05, 4.69) is 41.6 Å². The van der Waals surface area contributed by atoms with Crippen LogP contribution in [-0.4, -0.2) is 42.2 Å². The maximum Gasteiger partial charge on any atom is 0.250 e. The van der Waals surface area contributed by atoms with E-state index in [4.69, 9.17) is 0 Å². The number of aromatic hydroxyl groups is 1. The second-order valence-electron chi connectivity index (χ2n) is 7.14. The first kappa shape index (κ1) is 23.7. The molecule has 1 amide bonds. The van der Waals surface area contributed by atoms with E-state index in [0.717, 1.165) is 27.0 Å². The van der Waals surface area contributed by atoms with Crippen molar-refractivity contribution in [3.63, 3.8) is 0 Å². The number of hydrogen-bond donors (Lipinski definition) is 2. The van der Waals surface area contributed by atoms with Crippen LogP contribution < -0.4 is 5.43 Å². The summed E-state index contributed by atoms with van der Waals surface area (Å²) in [6, 6.07) is 18.2. The molecule has 2 aromatic heterocycles. The van der Waals surface area contributed by atoms with Gasteiger partial charge in [0.2, 0.25) is 0 Å². The van der Waals surface area contributed by atoms with Gasteiger partial charge in [0, 0.05) is 28.1 Å². The minimum atomic E-state index is -0.261. The van der Waals surface area contributed by atoms with Gasteiger partial charge in [0.15, 0.2) is 11.0 Å². The van der Waals surface area contributed by atoms with Crippen LogP contribution in [-0.2, 0) is 4.79 Å². The number of amides is 1. The highest BCUT2D eigenvalue weighted by atomic mass is 79.9. The number of thioether (sulfide) groups is 1. The second-order valence-corrected chi connectivity index (χ2v) is 9.00. The molecule has 172 valence electrons. The molecule has 0 saturated heterocycles. The third-order valence-electron chi connectivity index (χ3n) is 4.82. The van der Waals surface area contributed by atoms with E-state index in [0.29, 0.717) is 17.4 Å². The zero-order valence-corrected chi connectivity index (χ0v) is 20.6. The molecule has 2 heterocycles. The van der Waals surface area contributed by atoms with Gasteiger partial charge in [0.25, 0.3) is 5.91 Å². The van der Waals surface area contributed by atoms with Crippen LogP contribution in [0.1, 0.15) is 18.9 Å². The van der Waals surface area contributed by atoms with Crippen molar-refractivity contribution < 1.29 is 9.90 Å². The first-order valence-electron chi connectivity index (χ1n) is 10.4. The molecule has 0 bridgehead atoms. The average molecular weight is 537 g/mol. The second kappa shape index (κ2) is 11.1. The molecule has 2 N–H and O–H groups in total. The van der Waals surface area contributed by atoms with Gasteiger partial charge in [0.1, 0.15) is 5.75 Å². The zero-order valence-electron chi connectivity index (χ0n) is 18.2. The van der Waals surface area contributed by atoms with E-state index in [1.807, 2.05) is 47.9 Å². The highest BCUT2D eigenvalue weighted by molar-refractivity contribution is 9.10. The predicted octanol–water partition coefficient (Wildman–Crippen LogP) is 4.82. The summed E-state index contributed by atoms with van der Waals surface area (Å²) in [4.78, 5) is 16.7. The number of hydrogen-bond acceptors (Lipinski definition) is 7. The van der Waals surface area contributed by atoms with Crippen molar-refractivity contribution in [2.45, 2.75) is 18.5 Å². The Balaban J connectivity index is 1.52. The summed E-state index contributed by atoms with van der Waals surface area (Å²) in [5, 5.41) is 23.0. The van der Waals surface area contributed by atoms with Gasteiger partial charge >= 0.3 is 0 Å². The fourth-order valence-corrected chi connectivity index (χ4v) is 4.17. The van der Waals surface area contributed by atoms with Crippen LogP contribution in [0.15, 0.2) is 87.8 Å². The van der Waals surface area contributed by atoms with Crippen molar-refractivity contribution >= 4 is 39.3 Å². The first-order chi connectivity index (χ1) is 16.5. The summed E-state index contributed by atoms with van der Waals surface area (Å²) in [6.45, 7) is 1.95. The molecular weight excluding hydrogens is 516 g/mol. The van der Waals surface area contributed by atoms with Crippen LogP contribution in [0.2, 0.25) is 0 Å². The summed E-state index contributed by atoms with van der Waals surface area (Å²) in [5.41, 5.74) is 5.86. The zero-order chi connectivity index (χ0) is 23.9. The molecule has 0 aliphatic rings. The third kappa shape index (κ3) is 5.70. The van der Waals surface area contributed by atoms with Gasteiger partial charge in [-0.2, -0.15) is 5.10 Å². The van der Waals surface area contributed by atoms with E-state index >= 15 is 0 Å². The summed E-state index contributed by atoms with van der Waals surface area (Å²) in [6.07, 6.45) is 4.06. The number of nitrogens with one attached hydrogen (secondary N) is 1. The van der Waals surface area contributed by atoms with E-state index in [-0.39, 0.29) is 17.4 Å². The number of phenolic OH excluding ortho intramolecular Hbond substituents is 1. The minimum Gasteiger partial charge on any atom is -0.508 e. The molecule has 0 aliphatic carbocycles. The predicted molar refractivity (Wildman–Crippen MR) is 136 cm³/mol. The molecule has 8 nitrogen and oxygen atoms in total. The SMILES string of the molecule is CC/C(=N\NC(=O)CSc1nnc(-c2cccnc2)n1-c1ccc(Br)cc1)c1ccc(O)cc1. The summed E-state index contributed by atoms with van der Waals surface area (Å²) >= 11 is 4.73. The monoisotopic (exact) mass is 536 g/mol. The Morgan fingerprint density at radius 3 is 2.56 bits per heavy atom. The van der Waals surface area contributed by atoms with Crippen molar-refractivity contribution in [2.75, 3.05) is 5.75 Å². The highest BCUT2D eigenvalue weighted by Crippen LogP contribution is 2.28. The van der Waals surface area contributed by atoms with E-state index in [9.17, 15) is 9.90 Å². The number of carbonyl (C=O) groups is 1. The van der Waals surface area contributed by atoms with E-state index in [1.165, 1.54) is 11.8 Å². The fraction of sp³-hybridized carbons (Fsp3) is 0.125. The quantitative estimate of drug-likeness (QED) is 0.190. The number of rotatable bonds is 8. The molecular formula is C24H21BrN6O2S. The van der Waals surface area contributed by atoms with Crippen LogP contribution in [0.3, 0.4) is 0 Å². The molecule has 34 heavy (non-hydrogen) atoms. The average Bonchev–Trinajstić information content (AvgIpc) is 3.29. The minimum absolute atomic E-state index is 0.109. The lowest BCUT2D eigenvalue weighted by molar-refractivity contribution is -0.118. The highest BCUT2D eigenvalue weighted by Gasteiger charge is 2.17. The van der Waals surface area contributed by atoms with Crippen LogP contribution in [0.5, 0.6) is 5.75 Å². The molecule has 10 heteroatoms. The number of hydrazone groups is 1. The standard InChI is InChI=1S/C24H21BrN6O2S/c1-2-21(16-5-11-20(32)12-6-16)27-28-22(33)15-34-24-30-29-23(17-4-3-13-26-14-17)31(24)19-9-7-18(25)8-10-19/h3-14,32H,2,15H2,1H3,(H,28,33)/b27-21+. The molecule has 4 aromatic rings. The normalized spacial score (nSPS) is 11.4. The molecule has 0 spiro atoms. The van der Waals surface area contributed by atoms with Gasteiger partial charge in [-0.15, -0.1) is 10.2 Å². The number of carbonyl (C=O) groups excluding carboxylic acids is 1. The maximum absolute atomic E-state index is 12.5. The van der Waals surface area contributed by atoms with Crippen LogP contribution >= 0.6 is 27.7 Å². The van der Waals surface area contributed by atoms with Crippen molar-refractivity contribution in [3.05, 3.63) is 83.1 Å². The molecule has 0 radical (unpaired) electrons. The van der Waals surface area contributed by atoms with Crippen molar-refractivity contribution in [1.29, 1.82) is 0 Å². The number of nitrogens with zero attached hydrogens (tertiary/aromatic N) is 5. The van der Waals surface area contributed by atoms with Gasteiger partial charge < -0.3 is 5.11 Å². The van der Waals surface area contributed by atoms with Crippen LogP contribution in [0.4, 0.5) is 0 Å². The van der Waals surface area contributed by atoms with Crippen molar-refractivity contribution in [2.24, 2.45) is 5.10 Å². The lowest BCUT2D eigenvalue weighted by atomic mass is 10.1. The first-order valence-corrected chi connectivity index (χ1v) is 12.2. The number of pyridine rings is 1. The number of phenols is 1. The number of halogens is 1. The van der Waals surface area contributed by atoms with Crippen LogP contribution in [0, 0.1) is 0 Å². The maximum atomic E-state index is 12.5. The molecule has 0 saturated carbocycles. The lowest BCUT2D eigenvalue weighted by Gasteiger charge is -2.10. The Kier molecular flexibility index (Phi) is 7.71. The molecule has 0 fully saturated rings. The van der Waals surface area contributed by atoms with E-state index < -0.39 is 0 Å². The molecule has 4 rings (SSSR count). The van der Waals surface area contributed by atoms with Crippen molar-refractivity contribution in [1.82, 2.24) is 25.2 Å².